The van der Waals surface area contributed by atoms with Crippen LogP contribution in [0.3, 0.4) is 0 Å². The number of carbonyl (C=O) groups is 2. The van der Waals surface area contributed by atoms with Gasteiger partial charge in [0.25, 0.3) is 11.1 Å². The lowest BCUT2D eigenvalue weighted by Crippen LogP contribution is -2.27. The molecule has 1 aliphatic heterocycles. The second-order valence-corrected chi connectivity index (χ2v) is 9.85. The van der Waals surface area contributed by atoms with Crippen molar-refractivity contribution in [2.75, 3.05) is 4.90 Å². The van der Waals surface area contributed by atoms with E-state index in [9.17, 15) is 9.59 Å². The molecule has 0 aliphatic carbocycles. The van der Waals surface area contributed by atoms with Gasteiger partial charge in [-0.2, -0.15) is 0 Å². The first-order valence-corrected chi connectivity index (χ1v) is 12.6. The minimum absolute atomic E-state index is 0.291. The summed E-state index contributed by atoms with van der Waals surface area (Å²) < 4.78 is 8.03. The number of nitrogens with zero attached hydrogens (tertiary/aromatic N) is 2. The van der Waals surface area contributed by atoms with Gasteiger partial charge in [-0.15, -0.1) is 0 Å². The van der Waals surface area contributed by atoms with Gasteiger partial charge in [0.15, 0.2) is 0 Å². The molecule has 1 saturated heterocycles. The van der Waals surface area contributed by atoms with Gasteiger partial charge in [0.1, 0.15) is 12.4 Å². The second kappa shape index (κ2) is 10.1. The lowest BCUT2D eigenvalue weighted by Gasteiger charge is -2.12. The zero-order chi connectivity index (χ0) is 25.2. The van der Waals surface area contributed by atoms with E-state index in [0.29, 0.717) is 22.2 Å². The first-order chi connectivity index (χ1) is 17.4. The number of anilines is 1. The van der Waals surface area contributed by atoms with Gasteiger partial charge in [-0.3, -0.25) is 9.59 Å². The molecular formula is C29H23ClN2O3S. The third-order valence-corrected chi connectivity index (χ3v) is 7.10. The van der Waals surface area contributed by atoms with Gasteiger partial charge in [-0.05, 0) is 97.4 Å². The van der Waals surface area contributed by atoms with Crippen LogP contribution in [-0.4, -0.2) is 15.7 Å². The number of benzene rings is 3. The Hall–Kier alpha value is -3.74. The molecule has 2 amide bonds. The quantitative estimate of drug-likeness (QED) is 0.249. The molecule has 1 aliphatic rings. The summed E-state index contributed by atoms with van der Waals surface area (Å²) in [6.07, 6.45) is 1.80. The fraction of sp³-hybridized carbons (Fsp3) is 0.103. The number of amides is 2. The Kier molecular flexibility index (Phi) is 6.72. The Morgan fingerprint density at radius 2 is 1.58 bits per heavy atom. The molecule has 0 unspecified atom stereocenters. The predicted molar refractivity (Wildman–Crippen MR) is 146 cm³/mol. The topological polar surface area (TPSA) is 51.5 Å². The summed E-state index contributed by atoms with van der Waals surface area (Å²) in [6.45, 7) is 4.48. The van der Waals surface area contributed by atoms with Crippen LogP contribution in [-0.2, 0) is 11.4 Å². The highest BCUT2D eigenvalue weighted by atomic mass is 35.5. The van der Waals surface area contributed by atoms with E-state index >= 15 is 0 Å². The number of aryl methyl sites for hydroxylation is 1. The van der Waals surface area contributed by atoms with E-state index in [1.54, 1.807) is 18.2 Å². The van der Waals surface area contributed by atoms with Crippen molar-refractivity contribution in [3.05, 3.63) is 117 Å². The maximum absolute atomic E-state index is 13.0. The van der Waals surface area contributed by atoms with Crippen LogP contribution in [0.25, 0.3) is 11.8 Å². The summed E-state index contributed by atoms with van der Waals surface area (Å²) in [4.78, 5) is 27.2. The molecular weight excluding hydrogens is 492 g/mol. The Morgan fingerprint density at radius 1 is 0.889 bits per heavy atom. The number of para-hydroxylation sites is 1. The molecule has 7 heteroatoms. The van der Waals surface area contributed by atoms with E-state index in [1.807, 2.05) is 86.6 Å². The molecule has 0 bridgehead atoms. The minimum atomic E-state index is -0.303. The van der Waals surface area contributed by atoms with Crippen LogP contribution in [0.1, 0.15) is 22.5 Å². The van der Waals surface area contributed by atoms with E-state index in [4.69, 9.17) is 16.3 Å². The maximum Gasteiger partial charge on any atom is 0.298 e. The zero-order valence-corrected chi connectivity index (χ0v) is 21.3. The van der Waals surface area contributed by atoms with Crippen LogP contribution in [0.4, 0.5) is 10.5 Å². The number of rotatable bonds is 6. The number of thioether (sulfide) groups is 1. The first-order valence-electron chi connectivity index (χ1n) is 11.4. The Balaban J connectivity index is 1.35. The van der Waals surface area contributed by atoms with Gasteiger partial charge in [0.05, 0.1) is 10.6 Å². The molecule has 180 valence electrons. The van der Waals surface area contributed by atoms with Gasteiger partial charge >= 0.3 is 0 Å². The molecule has 0 saturated carbocycles. The number of imide groups is 1. The van der Waals surface area contributed by atoms with Crippen LogP contribution < -0.4 is 9.64 Å². The third-order valence-electron chi connectivity index (χ3n) is 5.98. The van der Waals surface area contributed by atoms with Gasteiger partial charge < -0.3 is 9.30 Å². The van der Waals surface area contributed by atoms with Crippen molar-refractivity contribution >= 4 is 46.3 Å². The lowest BCUT2D eigenvalue weighted by molar-refractivity contribution is -0.113. The Morgan fingerprint density at radius 3 is 2.28 bits per heavy atom. The second-order valence-electron chi connectivity index (χ2n) is 8.42. The van der Waals surface area contributed by atoms with E-state index in [-0.39, 0.29) is 11.1 Å². The summed E-state index contributed by atoms with van der Waals surface area (Å²) >= 11 is 6.91. The van der Waals surface area contributed by atoms with Crippen LogP contribution in [0.2, 0.25) is 5.02 Å². The molecule has 1 fully saturated rings. The van der Waals surface area contributed by atoms with Crippen molar-refractivity contribution in [3.8, 4) is 11.4 Å². The van der Waals surface area contributed by atoms with Crippen molar-refractivity contribution in [1.82, 2.24) is 4.57 Å². The van der Waals surface area contributed by atoms with Crippen molar-refractivity contribution in [2.45, 2.75) is 20.5 Å². The first kappa shape index (κ1) is 24.0. The number of aromatic nitrogens is 1. The summed E-state index contributed by atoms with van der Waals surface area (Å²) in [5.41, 5.74) is 5.51. The van der Waals surface area contributed by atoms with Crippen molar-refractivity contribution in [2.24, 2.45) is 0 Å². The van der Waals surface area contributed by atoms with Crippen LogP contribution in [0, 0.1) is 13.8 Å². The summed E-state index contributed by atoms with van der Waals surface area (Å²) in [5.74, 6) is 0.467. The molecule has 4 aromatic rings. The van der Waals surface area contributed by atoms with Gasteiger partial charge in [0.2, 0.25) is 0 Å². The minimum Gasteiger partial charge on any atom is -0.489 e. The standard InChI is InChI=1S/C29H23ClN2O3S/c1-19-16-22(17-27-28(33)32(29(34)36-27)24-6-4-3-5-7-24)20(2)31(19)25-12-14-26(15-13-25)35-18-21-8-10-23(30)11-9-21/h3-17H,18H2,1-2H3. The fourth-order valence-corrected chi connectivity index (χ4v) is 5.14. The summed E-state index contributed by atoms with van der Waals surface area (Å²) in [7, 11) is 0. The number of ether oxygens (including phenoxy) is 1. The highest BCUT2D eigenvalue weighted by Gasteiger charge is 2.36. The van der Waals surface area contributed by atoms with Gasteiger partial charge in [-0.25, -0.2) is 4.90 Å². The van der Waals surface area contributed by atoms with Crippen molar-refractivity contribution in [1.29, 1.82) is 0 Å². The lowest BCUT2D eigenvalue weighted by atomic mass is 10.2. The van der Waals surface area contributed by atoms with Crippen molar-refractivity contribution in [3.63, 3.8) is 0 Å². The molecule has 1 aromatic heterocycles. The van der Waals surface area contributed by atoms with Gasteiger partial charge in [-0.1, -0.05) is 41.9 Å². The third kappa shape index (κ3) is 4.83. The monoisotopic (exact) mass is 514 g/mol. The Bertz CT molecular complexity index is 1460. The smallest absolute Gasteiger partial charge is 0.298 e. The molecule has 5 nitrogen and oxygen atoms in total. The van der Waals surface area contributed by atoms with Gasteiger partial charge in [0, 0.05) is 22.1 Å². The zero-order valence-electron chi connectivity index (χ0n) is 19.8. The van der Waals surface area contributed by atoms with E-state index in [0.717, 1.165) is 45.7 Å². The molecule has 36 heavy (non-hydrogen) atoms. The van der Waals surface area contributed by atoms with E-state index in [2.05, 4.69) is 4.57 Å². The molecule has 0 N–H and O–H groups in total. The van der Waals surface area contributed by atoms with Crippen molar-refractivity contribution < 1.29 is 14.3 Å². The molecule has 5 rings (SSSR count). The van der Waals surface area contributed by atoms with E-state index < -0.39 is 0 Å². The predicted octanol–water partition coefficient (Wildman–Crippen LogP) is 7.57. The average Bonchev–Trinajstić information content (AvgIpc) is 3.32. The molecule has 0 radical (unpaired) electrons. The molecule has 0 atom stereocenters. The van der Waals surface area contributed by atoms with Crippen LogP contribution in [0.5, 0.6) is 5.75 Å². The number of hydrogen-bond acceptors (Lipinski definition) is 4. The van der Waals surface area contributed by atoms with Crippen LogP contribution in [0.15, 0.2) is 89.8 Å². The average molecular weight is 515 g/mol. The molecule has 3 aromatic carbocycles. The normalized spacial score (nSPS) is 14.6. The molecule has 0 spiro atoms. The Labute approximate surface area is 219 Å². The van der Waals surface area contributed by atoms with E-state index in [1.165, 1.54) is 4.90 Å². The maximum atomic E-state index is 13.0. The molecule has 2 heterocycles. The fourth-order valence-electron chi connectivity index (χ4n) is 4.18. The van der Waals surface area contributed by atoms with Crippen LogP contribution >= 0.6 is 23.4 Å². The summed E-state index contributed by atoms with van der Waals surface area (Å²) in [5, 5.41) is 0.409. The SMILES string of the molecule is Cc1cc(C=C2SC(=O)N(c3ccccc3)C2=O)c(C)n1-c1ccc(OCc2ccc(Cl)cc2)cc1. The number of carbonyl (C=O) groups excluding carboxylic acids is 2. The number of halogens is 1. The largest absolute Gasteiger partial charge is 0.489 e. The highest BCUT2D eigenvalue weighted by Crippen LogP contribution is 2.36. The summed E-state index contributed by atoms with van der Waals surface area (Å²) in [6, 6.07) is 26.5. The number of hydrogen-bond donors (Lipinski definition) is 0. The highest BCUT2D eigenvalue weighted by molar-refractivity contribution is 8.19.